The molecule has 1 atom stereocenters. The fourth-order valence-corrected chi connectivity index (χ4v) is 2.66. The maximum Gasteiger partial charge on any atom is 0.254 e. The van der Waals surface area contributed by atoms with Gasteiger partial charge in [-0.3, -0.25) is 4.79 Å². The minimum atomic E-state index is -3.77. The molecular weight excluding hydrogens is 343 g/mol. The maximum atomic E-state index is 13.7. The van der Waals surface area contributed by atoms with E-state index in [2.05, 4.69) is 5.32 Å². The normalized spacial score (nSPS) is 12.7. The number of hydrogen-bond donors (Lipinski definition) is 2. The Bertz CT molecular complexity index is 838. The first-order valence-electron chi connectivity index (χ1n) is 6.57. The number of rotatable bonds is 4. The van der Waals surface area contributed by atoms with Crippen molar-refractivity contribution in [2.24, 2.45) is 5.14 Å². The van der Waals surface area contributed by atoms with Crippen LogP contribution in [0.3, 0.4) is 0 Å². The highest BCUT2D eigenvalue weighted by molar-refractivity contribution is 7.89. The molecule has 0 unspecified atom stereocenters. The van der Waals surface area contributed by atoms with Crippen molar-refractivity contribution in [3.8, 4) is 0 Å². The molecule has 3 N–H and O–H groups in total. The summed E-state index contributed by atoms with van der Waals surface area (Å²) < 4.78 is 36.1. The number of carbonyl (C=O) groups excluding carboxylic acids is 1. The van der Waals surface area contributed by atoms with Gasteiger partial charge in [-0.2, -0.15) is 0 Å². The summed E-state index contributed by atoms with van der Waals surface area (Å²) in [5.74, 6) is -1.29. The van der Waals surface area contributed by atoms with Crippen LogP contribution in [0.1, 0.15) is 28.9 Å². The van der Waals surface area contributed by atoms with E-state index in [1.165, 1.54) is 36.4 Å². The zero-order valence-electron chi connectivity index (χ0n) is 12.1. The van der Waals surface area contributed by atoms with E-state index in [9.17, 15) is 17.6 Å². The summed E-state index contributed by atoms with van der Waals surface area (Å²) in [6, 6.07) is 8.98. The van der Waals surface area contributed by atoms with Crippen molar-refractivity contribution in [2.45, 2.75) is 17.9 Å². The highest BCUT2D eigenvalue weighted by atomic mass is 35.5. The van der Waals surface area contributed by atoms with Gasteiger partial charge in [0, 0.05) is 5.02 Å². The van der Waals surface area contributed by atoms with Crippen molar-refractivity contribution < 1.29 is 17.6 Å². The van der Waals surface area contributed by atoms with Crippen LogP contribution in [0.25, 0.3) is 0 Å². The quantitative estimate of drug-likeness (QED) is 0.882. The summed E-state index contributed by atoms with van der Waals surface area (Å²) in [6.07, 6.45) is 0. The standard InChI is InChI=1S/C15H14ClFN2O3S/c1-9(10-2-5-12(6-3-10)23(18,21)22)19-15(20)13-8-11(16)4-7-14(13)17/h2-9H,1H3,(H,19,20)(H2,18,21,22)/t9-/m0/s1. The third-order valence-electron chi connectivity index (χ3n) is 3.23. The first kappa shape index (κ1) is 17.4. The zero-order valence-corrected chi connectivity index (χ0v) is 13.7. The van der Waals surface area contributed by atoms with E-state index in [-0.39, 0.29) is 15.5 Å². The van der Waals surface area contributed by atoms with Gasteiger partial charge < -0.3 is 5.32 Å². The third-order valence-corrected chi connectivity index (χ3v) is 4.39. The van der Waals surface area contributed by atoms with Crippen molar-refractivity contribution in [3.63, 3.8) is 0 Å². The highest BCUT2D eigenvalue weighted by Gasteiger charge is 2.16. The number of nitrogens with two attached hydrogens (primary N) is 1. The Hall–Kier alpha value is -1.96. The molecule has 1 amide bonds. The maximum absolute atomic E-state index is 13.7. The molecule has 2 aromatic rings. The molecule has 2 rings (SSSR count). The Morgan fingerprint density at radius 1 is 1.22 bits per heavy atom. The molecule has 0 fully saturated rings. The number of benzene rings is 2. The van der Waals surface area contributed by atoms with Gasteiger partial charge in [0.25, 0.3) is 5.91 Å². The topological polar surface area (TPSA) is 89.3 Å². The molecule has 0 saturated carbocycles. The summed E-state index contributed by atoms with van der Waals surface area (Å²) in [5.41, 5.74) is 0.485. The molecule has 0 aliphatic heterocycles. The first-order chi connectivity index (χ1) is 10.7. The number of hydrogen-bond acceptors (Lipinski definition) is 3. The lowest BCUT2D eigenvalue weighted by molar-refractivity contribution is 0.0936. The van der Waals surface area contributed by atoms with Crippen LogP contribution < -0.4 is 10.5 Å². The van der Waals surface area contributed by atoms with E-state index >= 15 is 0 Å². The molecule has 23 heavy (non-hydrogen) atoms. The zero-order chi connectivity index (χ0) is 17.2. The van der Waals surface area contributed by atoms with E-state index in [1.807, 2.05) is 0 Å². The number of halogens is 2. The van der Waals surface area contributed by atoms with E-state index in [0.717, 1.165) is 6.07 Å². The SMILES string of the molecule is C[C@H](NC(=O)c1cc(Cl)ccc1F)c1ccc(S(N)(=O)=O)cc1. The third kappa shape index (κ3) is 4.28. The molecule has 8 heteroatoms. The van der Waals surface area contributed by atoms with E-state index < -0.39 is 27.8 Å². The lowest BCUT2D eigenvalue weighted by atomic mass is 10.1. The molecule has 5 nitrogen and oxygen atoms in total. The lowest BCUT2D eigenvalue weighted by Crippen LogP contribution is -2.27. The summed E-state index contributed by atoms with van der Waals surface area (Å²) in [7, 11) is -3.77. The minimum absolute atomic E-state index is 0.0272. The van der Waals surface area contributed by atoms with Crippen LogP contribution in [0.4, 0.5) is 4.39 Å². The molecule has 0 heterocycles. The van der Waals surface area contributed by atoms with Gasteiger partial charge in [0.2, 0.25) is 10.0 Å². The fourth-order valence-electron chi connectivity index (χ4n) is 1.98. The summed E-state index contributed by atoms with van der Waals surface area (Å²) in [4.78, 5) is 12.1. The average Bonchev–Trinajstić information content (AvgIpc) is 2.48. The first-order valence-corrected chi connectivity index (χ1v) is 8.49. The van der Waals surface area contributed by atoms with Crippen molar-refractivity contribution in [1.82, 2.24) is 5.32 Å². The number of sulfonamides is 1. The Morgan fingerprint density at radius 3 is 2.39 bits per heavy atom. The van der Waals surface area contributed by atoms with Gasteiger partial charge in [0.1, 0.15) is 5.82 Å². The molecule has 0 radical (unpaired) electrons. The molecule has 0 saturated heterocycles. The summed E-state index contributed by atoms with van der Waals surface area (Å²) in [5, 5.41) is 7.89. The largest absolute Gasteiger partial charge is 0.345 e. The van der Waals surface area contributed by atoms with Crippen molar-refractivity contribution >= 4 is 27.5 Å². The molecule has 0 spiro atoms. The second kappa shape index (κ2) is 6.66. The smallest absolute Gasteiger partial charge is 0.254 e. The summed E-state index contributed by atoms with van der Waals surface area (Å²) >= 11 is 5.76. The molecule has 2 aromatic carbocycles. The van der Waals surface area contributed by atoms with Gasteiger partial charge in [-0.05, 0) is 42.8 Å². The van der Waals surface area contributed by atoms with Crippen LogP contribution in [0, 0.1) is 5.82 Å². The Labute approximate surface area is 138 Å². The number of nitrogens with one attached hydrogen (secondary N) is 1. The molecule has 122 valence electrons. The Kier molecular flexibility index (Phi) is 5.03. The Balaban J connectivity index is 2.17. The lowest BCUT2D eigenvalue weighted by Gasteiger charge is -2.15. The number of carbonyl (C=O) groups is 1. The van der Waals surface area contributed by atoms with Crippen LogP contribution in [0.5, 0.6) is 0 Å². The highest BCUT2D eigenvalue weighted by Crippen LogP contribution is 2.18. The van der Waals surface area contributed by atoms with Crippen molar-refractivity contribution in [1.29, 1.82) is 0 Å². The number of primary sulfonamides is 1. The summed E-state index contributed by atoms with van der Waals surface area (Å²) in [6.45, 7) is 1.69. The molecule has 0 bridgehead atoms. The average molecular weight is 357 g/mol. The van der Waals surface area contributed by atoms with Crippen molar-refractivity contribution in [3.05, 3.63) is 64.4 Å². The monoisotopic (exact) mass is 356 g/mol. The van der Waals surface area contributed by atoms with Crippen LogP contribution in [0.2, 0.25) is 5.02 Å². The fraction of sp³-hybridized carbons (Fsp3) is 0.133. The van der Waals surface area contributed by atoms with Crippen LogP contribution in [-0.2, 0) is 10.0 Å². The van der Waals surface area contributed by atoms with Gasteiger partial charge in [-0.1, -0.05) is 23.7 Å². The number of amides is 1. The van der Waals surface area contributed by atoms with E-state index in [0.29, 0.717) is 5.56 Å². The van der Waals surface area contributed by atoms with Crippen LogP contribution >= 0.6 is 11.6 Å². The van der Waals surface area contributed by atoms with Crippen molar-refractivity contribution in [2.75, 3.05) is 0 Å². The Morgan fingerprint density at radius 2 is 1.83 bits per heavy atom. The second-order valence-electron chi connectivity index (χ2n) is 4.93. The molecule has 0 aliphatic carbocycles. The predicted octanol–water partition coefficient (Wildman–Crippen LogP) is 2.62. The molecular formula is C15H14ClFN2O3S. The van der Waals surface area contributed by atoms with E-state index in [1.54, 1.807) is 6.92 Å². The van der Waals surface area contributed by atoms with Gasteiger partial charge >= 0.3 is 0 Å². The van der Waals surface area contributed by atoms with Gasteiger partial charge in [-0.15, -0.1) is 0 Å². The molecule has 0 aliphatic rings. The minimum Gasteiger partial charge on any atom is -0.345 e. The van der Waals surface area contributed by atoms with Gasteiger partial charge in [0.05, 0.1) is 16.5 Å². The molecule has 0 aromatic heterocycles. The predicted molar refractivity (Wildman–Crippen MR) is 85.1 cm³/mol. The van der Waals surface area contributed by atoms with E-state index in [4.69, 9.17) is 16.7 Å². The van der Waals surface area contributed by atoms with Crippen LogP contribution in [-0.4, -0.2) is 14.3 Å². The van der Waals surface area contributed by atoms with Crippen LogP contribution in [0.15, 0.2) is 47.4 Å². The van der Waals surface area contributed by atoms with Gasteiger partial charge in [-0.25, -0.2) is 17.9 Å². The second-order valence-corrected chi connectivity index (χ2v) is 6.93. The van der Waals surface area contributed by atoms with Gasteiger partial charge in [0.15, 0.2) is 0 Å².